The lowest BCUT2D eigenvalue weighted by Gasteiger charge is -2.30. The molecule has 1 aromatic carbocycles. The van der Waals surface area contributed by atoms with Gasteiger partial charge in [-0.25, -0.2) is 4.99 Å². The summed E-state index contributed by atoms with van der Waals surface area (Å²) in [5, 5.41) is 13.4. The Hall–Kier alpha value is -2.91. The zero-order valence-corrected chi connectivity index (χ0v) is 15.3. The highest BCUT2D eigenvalue weighted by molar-refractivity contribution is 8.02. The highest BCUT2D eigenvalue weighted by Gasteiger charge is 2.39. The van der Waals surface area contributed by atoms with Gasteiger partial charge in [0.05, 0.1) is 17.6 Å². The van der Waals surface area contributed by atoms with E-state index in [1.807, 2.05) is 55.6 Å². The molecule has 0 bridgehead atoms. The lowest BCUT2D eigenvalue weighted by molar-refractivity contribution is -0.118. The summed E-state index contributed by atoms with van der Waals surface area (Å²) < 4.78 is 0. The molecule has 0 saturated carbocycles. The number of thioether (sulfide) groups is 1. The molecule has 5 nitrogen and oxygen atoms in total. The summed E-state index contributed by atoms with van der Waals surface area (Å²) in [4.78, 5) is 21.7. The van der Waals surface area contributed by atoms with Gasteiger partial charge in [-0.1, -0.05) is 18.2 Å². The van der Waals surface area contributed by atoms with Crippen molar-refractivity contribution in [1.29, 1.82) is 5.26 Å². The number of nitrogens with one attached hydrogen (secondary N) is 1. The predicted octanol–water partition coefficient (Wildman–Crippen LogP) is 3.99. The fourth-order valence-corrected chi connectivity index (χ4v) is 3.74. The maximum Gasteiger partial charge on any atom is 0.234 e. The number of benzene rings is 1. The smallest absolute Gasteiger partial charge is 0.234 e. The Kier molecular flexibility index (Phi) is 5.49. The number of carbonyl (C=O) groups excluding carboxylic acids is 1. The van der Waals surface area contributed by atoms with Gasteiger partial charge in [0, 0.05) is 29.7 Å². The van der Waals surface area contributed by atoms with Crippen LogP contribution in [0.1, 0.15) is 18.4 Å². The minimum Gasteiger partial charge on any atom is -0.325 e. The van der Waals surface area contributed by atoms with Gasteiger partial charge in [0.2, 0.25) is 5.91 Å². The Balaban J connectivity index is 2.04. The molecule has 1 aromatic heterocycles. The molecule has 0 fully saturated rings. The summed E-state index contributed by atoms with van der Waals surface area (Å²) in [7, 11) is 0. The van der Waals surface area contributed by atoms with Crippen LogP contribution in [0, 0.1) is 17.2 Å². The fraction of sp³-hybridized carbons (Fsp3) is 0.200. The Morgan fingerprint density at radius 1 is 1.19 bits per heavy atom. The zero-order chi connectivity index (χ0) is 18.5. The van der Waals surface area contributed by atoms with Crippen molar-refractivity contribution in [2.24, 2.45) is 10.9 Å². The van der Waals surface area contributed by atoms with Crippen LogP contribution in [-0.2, 0) is 4.79 Å². The Morgan fingerprint density at radius 2 is 1.88 bits per heavy atom. The van der Waals surface area contributed by atoms with E-state index in [1.54, 1.807) is 12.4 Å². The molecule has 0 saturated heterocycles. The predicted molar refractivity (Wildman–Crippen MR) is 105 cm³/mol. The second-order valence-electron chi connectivity index (χ2n) is 5.88. The van der Waals surface area contributed by atoms with E-state index < -0.39 is 5.92 Å². The maximum absolute atomic E-state index is 13.1. The standard InChI is InChI=1S/C20H18N4OS/c1-13-17(19(25)24-15-6-4-3-5-7-15)18(14-8-10-22-11-9-14)16(12-21)20(23-13)26-2/h3-11,17-18H,1-2H3,(H,24,25)/t17?,18-/m1/s1. The number of para-hydroxylation sites is 1. The molecule has 26 heavy (non-hydrogen) atoms. The number of carbonyl (C=O) groups is 1. The molecule has 1 aliphatic heterocycles. The van der Waals surface area contributed by atoms with Gasteiger partial charge in [0.15, 0.2) is 0 Å². The number of hydrogen-bond acceptors (Lipinski definition) is 5. The number of aliphatic imine (C=N–C) groups is 1. The van der Waals surface area contributed by atoms with Crippen molar-refractivity contribution >= 4 is 29.1 Å². The number of amides is 1. The minimum atomic E-state index is -0.553. The van der Waals surface area contributed by atoms with E-state index >= 15 is 0 Å². The minimum absolute atomic E-state index is 0.174. The summed E-state index contributed by atoms with van der Waals surface area (Å²) >= 11 is 1.42. The molecule has 2 heterocycles. The van der Waals surface area contributed by atoms with Crippen molar-refractivity contribution in [2.45, 2.75) is 12.8 Å². The van der Waals surface area contributed by atoms with E-state index in [4.69, 9.17) is 0 Å². The van der Waals surface area contributed by atoms with Gasteiger partial charge in [-0.15, -0.1) is 11.8 Å². The van der Waals surface area contributed by atoms with Gasteiger partial charge >= 0.3 is 0 Å². The second-order valence-corrected chi connectivity index (χ2v) is 6.67. The first-order valence-corrected chi connectivity index (χ1v) is 9.37. The van der Waals surface area contributed by atoms with Gasteiger partial charge in [-0.2, -0.15) is 5.26 Å². The van der Waals surface area contributed by atoms with Gasteiger partial charge in [-0.05, 0) is 43.0 Å². The molecule has 1 N–H and O–H groups in total. The number of aromatic nitrogens is 1. The molecule has 3 rings (SSSR count). The molecule has 6 heteroatoms. The summed E-state index contributed by atoms with van der Waals surface area (Å²) in [6, 6.07) is 15.3. The number of hydrogen-bond donors (Lipinski definition) is 1. The van der Waals surface area contributed by atoms with E-state index in [0.29, 0.717) is 16.3 Å². The van der Waals surface area contributed by atoms with Crippen LogP contribution < -0.4 is 5.32 Å². The molecule has 0 aliphatic carbocycles. The number of pyridine rings is 1. The van der Waals surface area contributed by atoms with Crippen molar-refractivity contribution in [2.75, 3.05) is 11.6 Å². The largest absolute Gasteiger partial charge is 0.325 e. The van der Waals surface area contributed by atoms with Crippen LogP contribution in [0.5, 0.6) is 0 Å². The van der Waals surface area contributed by atoms with E-state index in [2.05, 4.69) is 21.4 Å². The van der Waals surface area contributed by atoms with E-state index in [1.165, 1.54) is 11.8 Å². The average molecular weight is 362 g/mol. The molecule has 1 amide bonds. The molecule has 1 unspecified atom stereocenters. The highest BCUT2D eigenvalue weighted by Crippen LogP contribution is 2.41. The van der Waals surface area contributed by atoms with E-state index in [0.717, 1.165) is 11.3 Å². The second kappa shape index (κ2) is 7.98. The number of rotatable bonds is 4. The Bertz CT molecular complexity index is 900. The fourth-order valence-electron chi connectivity index (χ4n) is 3.12. The number of allylic oxidation sites excluding steroid dienone is 1. The van der Waals surface area contributed by atoms with Crippen LogP contribution in [0.2, 0.25) is 0 Å². The van der Waals surface area contributed by atoms with E-state index in [9.17, 15) is 10.1 Å². The molecule has 0 radical (unpaired) electrons. The van der Waals surface area contributed by atoms with Crippen molar-refractivity contribution in [1.82, 2.24) is 4.98 Å². The monoisotopic (exact) mass is 362 g/mol. The maximum atomic E-state index is 13.1. The van der Waals surface area contributed by atoms with Gasteiger partial charge in [0.1, 0.15) is 5.03 Å². The van der Waals surface area contributed by atoms with Gasteiger partial charge in [0.25, 0.3) is 0 Å². The highest BCUT2D eigenvalue weighted by atomic mass is 32.2. The van der Waals surface area contributed by atoms with Crippen LogP contribution in [0.25, 0.3) is 0 Å². The lowest BCUT2D eigenvalue weighted by atomic mass is 9.77. The lowest BCUT2D eigenvalue weighted by Crippen LogP contribution is -2.36. The summed E-state index contributed by atoms with van der Waals surface area (Å²) in [6.07, 6.45) is 5.24. The van der Waals surface area contributed by atoms with Crippen LogP contribution in [0.15, 0.2) is 70.5 Å². The molecule has 130 valence electrons. The molecular weight excluding hydrogens is 344 g/mol. The Morgan fingerprint density at radius 3 is 2.50 bits per heavy atom. The molecule has 1 aliphatic rings. The van der Waals surface area contributed by atoms with Crippen molar-refractivity contribution < 1.29 is 4.79 Å². The first kappa shape index (κ1) is 17.9. The normalized spacial score (nSPS) is 19.5. The van der Waals surface area contributed by atoms with Crippen LogP contribution in [-0.4, -0.2) is 22.9 Å². The van der Waals surface area contributed by atoms with Crippen molar-refractivity contribution in [3.63, 3.8) is 0 Å². The van der Waals surface area contributed by atoms with Crippen LogP contribution in [0.3, 0.4) is 0 Å². The third-order valence-electron chi connectivity index (χ3n) is 4.31. The zero-order valence-electron chi connectivity index (χ0n) is 14.5. The summed E-state index contributed by atoms with van der Waals surface area (Å²) in [5.74, 6) is -1.11. The topological polar surface area (TPSA) is 78.1 Å². The first-order chi connectivity index (χ1) is 12.7. The third-order valence-corrected chi connectivity index (χ3v) is 5.00. The number of nitriles is 1. The number of nitrogens with zero attached hydrogens (tertiary/aromatic N) is 3. The summed E-state index contributed by atoms with van der Waals surface area (Å²) in [6.45, 7) is 1.84. The van der Waals surface area contributed by atoms with E-state index in [-0.39, 0.29) is 11.8 Å². The van der Waals surface area contributed by atoms with Crippen molar-refractivity contribution in [3.05, 3.63) is 71.0 Å². The Labute approximate surface area is 156 Å². The van der Waals surface area contributed by atoms with Gasteiger partial charge in [-0.3, -0.25) is 9.78 Å². The number of anilines is 1. The van der Waals surface area contributed by atoms with Gasteiger partial charge < -0.3 is 5.32 Å². The molecule has 2 atom stereocenters. The molecule has 2 aromatic rings. The quantitative estimate of drug-likeness (QED) is 0.892. The first-order valence-electron chi connectivity index (χ1n) is 8.15. The third kappa shape index (κ3) is 3.53. The average Bonchev–Trinajstić information content (AvgIpc) is 2.68. The molecular formula is C20H18N4OS. The summed E-state index contributed by atoms with van der Waals surface area (Å²) in [5.41, 5.74) is 2.81. The van der Waals surface area contributed by atoms with Crippen LogP contribution in [0.4, 0.5) is 5.69 Å². The van der Waals surface area contributed by atoms with Crippen molar-refractivity contribution in [3.8, 4) is 6.07 Å². The molecule has 0 spiro atoms. The SMILES string of the molecule is CSC1=C(C#N)[C@@H](c2ccncc2)C(C(=O)Nc2ccccc2)C(C)=N1. The van der Waals surface area contributed by atoms with Crippen LogP contribution >= 0.6 is 11.8 Å².